The molecule has 7 heteroatoms. The summed E-state index contributed by atoms with van der Waals surface area (Å²) in [6.45, 7) is 2.51. The smallest absolute Gasteiger partial charge is 0.223 e. The van der Waals surface area contributed by atoms with Crippen molar-refractivity contribution in [3.63, 3.8) is 0 Å². The number of hydrogen-bond acceptors (Lipinski definition) is 3. The molecule has 0 unspecified atom stereocenters. The number of rotatable bonds is 7. The molecule has 0 bridgehead atoms. The molecule has 1 aliphatic rings. The quantitative estimate of drug-likeness (QED) is 0.538. The normalized spacial score (nSPS) is 16.2. The maximum absolute atomic E-state index is 13.9. The molecule has 1 atom stereocenters. The van der Waals surface area contributed by atoms with E-state index in [1.54, 1.807) is 6.07 Å². The van der Waals surface area contributed by atoms with Crippen LogP contribution >= 0.6 is 0 Å². The molecule has 1 saturated heterocycles. The number of halogens is 1. The highest BCUT2D eigenvalue weighted by Gasteiger charge is 2.32. The standard InChI is InChI=1S/C27H29FN2O3S/c1-20-9-5-7-13-24(20)26(21-10-3-2-4-11-21)29-27(31)22-15-17-30(18-16-22)34(32,33)19-23-12-6-8-14-25(23)28/h2-14,22,26H,15-19H2,1H3,(H,29,31)/t26-/m0/s1. The van der Waals surface area contributed by atoms with Gasteiger partial charge in [0.2, 0.25) is 15.9 Å². The van der Waals surface area contributed by atoms with Crippen LogP contribution < -0.4 is 5.32 Å². The molecular weight excluding hydrogens is 451 g/mol. The van der Waals surface area contributed by atoms with Gasteiger partial charge in [-0.05, 0) is 42.5 Å². The van der Waals surface area contributed by atoms with Gasteiger partial charge in [-0.2, -0.15) is 0 Å². The van der Waals surface area contributed by atoms with Crippen LogP contribution in [0.3, 0.4) is 0 Å². The first-order valence-corrected chi connectivity index (χ1v) is 13.1. The summed E-state index contributed by atoms with van der Waals surface area (Å²) < 4.78 is 41.0. The predicted molar refractivity (Wildman–Crippen MR) is 131 cm³/mol. The first-order valence-electron chi connectivity index (χ1n) is 11.5. The fourth-order valence-electron chi connectivity index (χ4n) is 4.46. The monoisotopic (exact) mass is 480 g/mol. The predicted octanol–water partition coefficient (Wildman–Crippen LogP) is 4.58. The maximum atomic E-state index is 13.9. The summed E-state index contributed by atoms with van der Waals surface area (Å²) in [4.78, 5) is 13.2. The number of nitrogens with one attached hydrogen (secondary N) is 1. The zero-order valence-electron chi connectivity index (χ0n) is 19.2. The minimum absolute atomic E-state index is 0.0803. The van der Waals surface area contributed by atoms with Crippen LogP contribution in [0.5, 0.6) is 0 Å². The van der Waals surface area contributed by atoms with Crippen molar-refractivity contribution in [2.75, 3.05) is 13.1 Å². The van der Waals surface area contributed by atoms with Gasteiger partial charge in [0, 0.05) is 24.6 Å². The number of benzene rings is 3. The van der Waals surface area contributed by atoms with E-state index in [9.17, 15) is 17.6 Å². The topological polar surface area (TPSA) is 66.5 Å². The average molecular weight is 481 g/mol. The summed E-state index contributed by atoms with van der Waals surface area (Å²) >= 11 is 0. The van der Waals surface area contributed by atoms with Crippen LogP contribution in [0.2, 0.25) is 0 Å². The molecule has 3 aromatic carbocycles. The van der Waals surface area contributed by atoms with Crippen LogP contribution in [-0.2, 0) is 20.6 Å². The first kappa shape index (κ1) is 24.1. The van der Waals surface area contributed by atoms with Gasteiger partial charge in [-0.15, -0.1) is 0 Å². The molecule has 34 heavy (non-hydrogen) atoms. The van der Waals surface area contributed by atoms with Crippen molar-refractivity contribution >= 4 is 15.9 Å². The van der Waals surface area contributed by atoms with E-state index >= 15 is 0 Å². The van der Waals surface area contributed by atoms with Gasteiger partial charge in [-0.1, -0.05) is 72.8 Å². The highest BCUT2D eigenvalue weighted by Crippen LogP contribution is 2.27. The number of amides is 1. The summed E-state index contributed by atoms with van der Waals surface area (Å²) in [6, 6.07) is 23.4. The van der Waals surface area contributed by atoms with Crippen molar-refractivity contribution in [1.29, 1.82) is 0 Å². The minimum atomic E-state index is -3.66. The fraction of sp³-hybridized carbons (Fsp3) is 0.296. The summed E-state index contributed by atoms with van der Waals surface area (Å²) in [5.74, 6) is -1.26. The first-order chi connectivity index (χ1) is 16.3. The van der Waals surface area contributed by atoms with E-state index in [1.807, 2.05) is 61.5 Å². The van der Waals surface area contributed by atoms with Gasteiger partial charge in [0.1, 0.15) is 5.82 Å². The third-order valence-electron chi connectivity index (χ3n) is 6.43. The lowest BCUT2D eigenvalue weighted by Gasteiger charge is -2.32. The summed E-state index contributed by atoms with van der Waals surface area (Å²) in [5, 5.41) is 3.20. The van der Waals surface area contributed by atoms with Gasteiger partial charge >= 0.3 is 0 Å². The largest absolute Gasteiger partial charge is 0.345 e. The Morgan fingerprint density at radius 2 is 1.59 bits per heavy atom. The van der Waals surface area contributed by atoms with Crippen molar-refractivity contribution in [1.82, 2.24) is 9.62 Å². The highest BCUT2D eigenvalue weighted by atomic mass is 32.2. The Morgan fingerprint density at radius 3 is 2.26 bits per heavy atom. The molecule has 0 radical (unpaired) electrons. The number of carbonyl (C=O) groups is 1. The molecule has 5 nitrogen and oxygen atoms in total. The Morgan fingerprint density at radius 1 is 0.971 bits per heavy atom. The van der Waals surface area contributed by atoms with Gasteiger partial charge in [0.05, 0.1) is 11.8 Å². The van der Waals surface area contributed by atoms with Crippen molar-refractivity contribution in [2.45, 2.75) is 31.6 Å². The molecule has 4 rings (SSSR count). The van der Waals surface area contributed by atoms with Crippen LogP contribution in [-0.4, -0.2) is 31.7 Å². The number of carbonyl (C=O) groups excluding carboxylic acids is 1. The SMILES string of the molecule is Cc1ccccc1[C@@H](NC(=O)C1CCN(S(=O)(=O)Cc2ccccc2F)CC1)c1ccccc1. The molecule has 1 amide bonds. The van der Waals surface area contributed by atoms with E-state index < -0.39 is 15.8 Å². The zero-order valence-corrected chi connectivity index (χ0v) is 20.0. The Kier molecular flexibility index (Phi) is 7.44. The van der Waals surface area contributed by atoms with Gasteiger partial charge < -0.3 is 5.32 Å². The van der Waals surface area contributed by atoms with Gasteiger partial charge in [-0.3, -0.25) is 4.79 Å². The molecule has 178 valence electrons. The Hall–Kier alpha value is -3.03. The number of piperidine rings is 1. The Balaban J connectivity index is 1.43. The van der Waals surface area contributed by atoms with Gasteiger partial charge in [-0.25, -0.2) is 17.1 Å². The van der Waals surface area contributed by atoms with E-state index in [0.717, 1.165) is 16.7 Å². The third kappa shape index (κ3) is 5.54. The molecule has 0 saturated carbocycles. The lowest BCUT2D eigenvalue weighted by atomic mass is 9.92. The molecule has 1 N–H and O–H groups in total. The second kappa shape index (κ2) is 10.5. The van der Waals surface area contributed by atoms with E-state index in [-0.39, 0.29) is 42.3 Å². The lowest BCUT2D eigenvalue weighted by molar-refractivity contribution is -0.126. The van der Waals surface area contributed by atoms with Crippen molar-refractivity contribution in [2.24, 2.45) is 5.92 Å². The summed E-state index contributed by atoms with van der Waals surface area (Å²) in [5.41, 5.74) is 3.28. The molecular formula is C27H29FN2O3S. The van der Waals surface area contributed by atoms with Crippen LogP contribution in [0.25, 0.3) is 0 Å². The minimum Gasteiger partial charge on any atom is -0.345 e. The molecule has 0 spiro atoms. The van der Waals surface area contributed by atoms with Crippen molar-refractivity contribution < 1.29 is 17.6 Å². The fourth-order valence-corrected chi connectivity index (χ4v) is 6.03. The Labute approximate surface area is 200 Å². The lowest BCUT2D eigenvalue weighted by Crippen LogP contribution is -2.44. The van der Waals surface area contributed by atoms with Crippen LogP contribution in [0.1, 0.15) is 41.1 Å². The number of sulfonamides is 1. The zero-order chi connectivity index (χ0) is 24.1. The molecule has 0 aromatic heterocycles. The molecule has 3 aromatic rings. The van der Waals surface area contributed by atoms with Crippen LogP contribution in [0.4, 0.5) is 4.39 Å². The molecule has 1 aliphatic heterocycles. The van der Waals surface area contributed by atoms with E-state index in [2.05, 4.69) is 5.32 Å². The number of aryl methyl sites for hydroxylation is 1. The summed E-state index contributed by atoms with van der Waals surface area (Å²) in [6.07, 6.45) is 0.856. The second-order valence-electron chi connectivity index (χ2n) is 8.73. The van der Waals surface area contributed by atoms with Gasteiger partial charge in [0.15, 0.2) is 0 Å². The Bertz CT molecular complexity index is 1240. The van der Waals surface area contributed by atoms with Gasteiger partial charge in [0.25, 0.3) is 0 Å². The van der Waals surface area contributed by atoms with Crippen LogP contribution in [0, 0.1) is 18.7 Å². The van der Waals surface area contributed by atoms with E-state index in [4.69, 9.17) is 0 Å². The van der Waals surface area contributed by atoms with E-state index in [1.165, 1.54) is 22.5 Å². The van der Waals surface area contributed by atoms with E-state index in [0.29, 0.717) is 12.8 Å². The average Bonchev–Trinajstić information content (AvgIpc) is 2.85. The second-order valence-corrected chi connectivity index (χ2v) is 10.7. The number of hydrogen-bond donors (Lipinski definition) is 1. The molecule has 1 fully saturated rings. The third-order valence-corrected chi connectivity index (χ3v) is 8.26. The molecule has 0 aliphatic carbocycles. The summed E-state index contributed by atoms with van der Waals surface area (Å²) in [7, 11) is -3.66. The van der Waals surface area contributed by atoms with Crippen LogP contribution in [0.15, 0.2) is 78.9 Å². The molecule has 1 heterocycles. The highest BCUT2D eigenvalue weighted by molar-refractivity contribution is 7.88. The number of nitrogens with zero attached hydrogens (tertiary/aromatic N) is 1. The van der Waals surface area contributed by atoms with Crippen molar-refractivity contribution in [3.8, 4) is 0 Å². The van der Waals surface area contributed by atoms with Crippen molar-refractivity contribution in [3.05, 3.63) is 107 Å². The maximum Gasteiger partial charge on any atom is 0.223 e.